The minimum atomic E-state index is -0.0394. The SMILES string of the molecule is CCc1nc2c(s1)CCN(C(=O)c1cc3ncc(Br)cn3n1)CC2. The van der Waals surface area contributed by atoms with E-state index < -0.39 is 0 Å². The molecular weight excluding hydrogens is 390 g/mol. The van der Waals surface area contributed by atoms with Gasteiger partial charge in [-0.1, -0.05) is 6.92 Å². The van der Waals surface area contributed by atoms with Gasteiger partial charge in [-0.15, -0.1) is 11.3 Å². The molecule has 3 aromatic rings. The van der Waals surface area contributed by atoms with Crippen LogP contribution in [0.3, 0.4) is 0 Å². The molecule has 0 saturated carbocycles. The van der Waals surface area contributed by atoms with E-state index in [1.54, 1.807) is 34.3 Å². The summed E-state index contributed by atoms with van der Waals surface area (Å²) >= 11 is 5.14. The van der Waals surface area contributed by atoms with Gasteiger partial charge in [0.1, 0.15) is 0 Å². The Bertz CT molecular complexity index is 893. The number of fused-ring (bicyclic) bond motifs is 2. The van der Waals surface area contributed by atoms with E-state index in [2.05, 4.69) is 37.9 Å². The molecule has 0 atom stereocenters. The third kappa shape index (κ3) is 2.84. The average molecular weight is 406 g/mol. The Morgan fingerprint density at radius 3 is 3.04 bits per heavy atom. The van der Waals surface area contributed by atoms with Crippen molar-refractivity contribution in [3.05, 3.63) is 44.2 Å². The molecule has 0 aliphatic carbocycles. The summed E-state index contributed by atoms with van der Waals surface area (Å²) in [5, 5.41) is 5.55. The van der Waals surface area contributed by atoms with E-state index in [1.807, 2.05) is 4.90 Å². The normalized spacial score (nSPS) is 14.7. The number of hydrogen-bond acceptors (Lipinski definition) is 5. The van der Waals surface area contributed by atoms with Gasteiger partial charge < -0.3 is 4.90 Å². The first-order valence-electron chi connectivity index (χ1n) is 7.91. The fourth-order valence-electron chi connectivity index (χ4n) is 2.89. The monoisotopic (exact) mass is 405 g/mol. The van der Waals surface area contributed by atoms with E-state index in [-0.39, 0.29) is 5.91 Å². The standard InChI is InChI=1S/C16H16BrN5OS/c1-2-15-19-11-3-5-21(6-4-13(11)24-15)16(23)12-7-14-18-8-10(17)9-22(14)20-12/h7-9H,2-6H2,1H3. The Labute approximate surface area is 151 Å². The van der Waals surface area contributed by atoms with Crippen LogP contribution in [0.15, 0.2) is 22.9 Å². The minimum Gasteiger partial charge on any atom is -0.336 e. The van der Waals surface area contributed by atoms with E-state index >= 15 is 0 Å². The van der Waals surface area contributed by atoms with Gasteiger partial charge in [0.2, 0.25) is 0 Å². The first kappa shape index (κ1) is 15.7. The van der Waals surface area contributed by atoms with Crippen LogP contribution in [0, 0.1) is 0 Å². The van der Waals surface area contributed by atoms with Crippen LogP contribution in [0.1, 0.15) is 33.0 Å². The highest BCUT2D eigenvalue weighted by molar-refractivity contribution is 9.10. The van der Waals surface area contributed by atoms with E-state index in [4.69, 9.17) is 0 Å². The van der Waals surface area contributed by atoms with Crippen molar-refractivity contribution in [3.63, 3.8) is 0 Å². The molecule has 0 radical (unpaired) electrons. The Morgan fingerprint density at radius 2 is 2.21 bits per heavy atom. The molecule has 0 aromatic carbocycles. The lowest BCUT2D eigenvalue weighted by molar-refractivity contribution is 0.0756. The van der Waals surface area contributed by atoms with E-state index in [1.165, 1.54) is 9.88 Å². The molecule has 24 heavy (non-hydrogen) atoms. The zero-order chi connectivity index (χ0) is 16.7. The number of aromatic nitrogens is 4. The maximum Gasteiger partial charge on any atom is 0.274 e. The highest BCUT2D eigenvalue weighted by Gasteiger charge is 2.24. The van der Waals surface area contributed by atoms with Crippen LogP contribution in [0.4, 0.5) is 0 Å². The molecule has 0 bridgehead atoms. The summed E-state index contributed by atoms with van der Waals surface area (Å²) in [5.74, 6) is -0.0394. The van der Waals surface area contributed by atoms with Gasteiger partial charge in [-0.25, -0.2) is 14.5 Å². The van der Waals surface area contributed by atoms with Crippen molar-refractivity contribution in [1.29, 1.82) is 0 Å². The Hall–Kier alpha value is -1.80. The largest absolute Gasteiger partial charge is 0.336 e. The summed E-state index contributed by atoms with van der Waals surface area (Å²) in [7, 11) is 0. The summed E-state index contributed by atoms with van der Waals surface area (Å²) in [4.78, 5) is 24.9. The van der Waals surface area contributed by atoms with Crippen molar-refractivity contribution in [2.75, 3.05) is 13.1 Å². The van der Waals surface area contributed by atoms with Gasteiger partial charge in [0.25, 0.3) is 5.91 Å². The zero-order valence-electron chi connectivity index (χ0n) is 13.2. The Morgan fingerprint density at radius 1 is 1.38 bits per heavy atom. The molecule has 4 rings (SSSR count). The third-order valence-electron chi connectivity index (χ3n) is 4.14. The molecule has 6 nitrogen and oxygen atoms in total. The zero-order valence-corrected chi connectivity index (χ0v) is 15.6. The maximum absolute atomic E-state index is 12.8. The van der Waals surface area contributed by atoms with Crippen LogP contribution in [0.5, 0.6) is 0 Å². The highest BCUT2D eigenvalue weighted by atomic mass is 79.9. The Balaban J connectivity index is 1.55. The predicted molar refractivity (Wildman–Crippen MR) is 95.5 cm³/mol. The van der Waals surface area contributed by atoms with Gasteiger partial charge in [0, 0.05) is 49.3 Å². The van der Waals surface area contributed by atoms with Crippen molar-refractivity contribution in [2.45, 2.75) is 26.2 Å². The van der Waals surface area contributed by atoms with Gasteiger partial charge in [-0.05, 0) is 22.4 Å². The molecule has 0 N–H and O–H groups in total. The minimum absolute atomic E-state index is 0.0394. The Kier molecular flexibility index (Phi) is 4.09. The van der Waals surface area contributed by atoms with Crippen molar-refractivity contribution in [1.82, 2.24) is 24.5 Å². The molecule has 1 aliphatic rings. The summed E-state index contributed by atoms with van der Waals surface area (Å²) in [6.45, 7) is 3.52. The lowest BCUT2D eigenvalue weighted by Gasteiger charge is -2.18. The molecule has 0 unspecified atom stereocenters. The number of carbonyl (C=O) groups is 1. The second-order valence-electron chi connectivity index (χ2n) is 5.73. The number of amides is 1. The molecule has 8 heteroatoms. The van der Waals surface area contributed by atoms with Crippen LogP contribution < -0.4 is 0 Å². The van der Waals surface area contributed by atoms with E-state index in [9.17, 15) is 4.79 Å². The molecule has 3 aromatic heterocycles. The molecular formula is C16H16BrN5OS. The molecule has 124 valence electrons. The van der Waals surface area contributed by atoms with Crippen molar-refractivity contribution in [3.8, 4) is 0 Å². The van der Waals surface area contributed by atoms with E-state index in [0.29, 0.717) is 24.4 Å². The average Bonchev–Trinajstić information content (AvgIpc) is 3.12. The summed E-state index contributed by atoms with van der Waals surface area (Å²) < 4.78 is 2.45. The second kappa shape index (κ2) is 6.25. The molecule has 1 aliphatic heterocycles. The molecule has 0 saturated heterocycles. The number of thiazole rings is 1. The van der Waals surface area contributed by atoms with Crippen LogP contribution in [0.2, 0.25) is 0 Å². The molecule has 4 heterocycles. The van der Waals surface area contributed by atoms with Gasteiger partial charge in [-0.3, -0.25) is 4.79 Å². The number of rotatable bonds is 2. The molecule has 1 amide bonds. The maximum atomic E-state index is 12.8. The van der Waals surface area contributed by atoms with Crippen LogP contribution in [-0.2, 0) is 19.3 Å². The second-order valence-corrected chi connectivity index (χ2v) is 7.81. The lowest BCUT2D eigenvalue weighted by atomic mass is 10.2. The molecule has 0 fully saturated rings. The number of halogens is 1. The topological polar surface area (TPSA) is 63.4 Å². The number of aryl methyl sites for hydroxylation is 1. The third-order valence-corrected chi connectivity index (χ3v) is 5.85. The van der Waals surface area contributed by atoms with Gasteiger partial charge >= 0.3 is 0 Å². The summed E-state index contributed by atoms with van der Waals surface area (Å²) in [6.07, 6.45) is 6.16. The van der Waals surface area contributed by atoms with Crippen LogP contribution in [-0.4, -0.2) is 43.5 Å². The fraction of sp³-hybridized carbons (Fsp3) is 0.375. The fourth-order valence-corrected chi connectivity index (χ4v) is 4.23. The van der Waals surface area contributed by atoms with Crippen LogP contribution in [0.25, 0.3) is 5.65 Å². The smallest absolute Gasteiger partial charge is 0.274 e. The van der Waals surface area contributed by atoms with Gasteiger partial charge in [-0.2, -0.15) is 5.10 Å². The van der Waals surface area contributed by atoms with Crippen molar-refractivity contribution < 1.29 is 4.79 Å². The number of nitrogens with zero attached hydrogens (tertiary/aromatic N) is 5. The first-order chi connectivity index (χ1) is 11.6. The van der Waals surface area contributed by atoms with Gasteiger partial charge in [0.15, 0.2) is 11.3 Å². The van der Waals surface area contributed by atoms with E-state index in [0.717, 1.165) is 29.4 Å². The predicted octanol–water partition coefficient (Wildman–Crippen LogP) is 2.75. The quantitative estimate of drug-likeness (QED) is 0.657. The summed E-state index contributed by atoms with van der Waals surface area (Å²) in [6, 6.07) is 1.74. The highest BCUT2D eigenvalue weighted by Crippen LogP contribution is 2.24. The number of carbonyl (C=O) groups excluding carboxylic acids is 1. The lowest BCUT2D eigenvalue weighted by Crippen LogP contribution is -2.33. The molecule has 0 spiro atoms. The number of hydrogen-bond donors (Lipinski definition) is 0. The first-order valence-corrected chi connectivity index (χ1v) is 9.52. The van der Waals surface area contributed by atoms with Crippen molar-refractivity contribution in [2.24, 2.45) is 0 Å². The van der Waals surface area contributed by atoms with Crippen LogP contribution >= 0.6 is 27.3 Å². The van der Waals surface area contributed by atoms with Gasteiger partial charge in [0.05, 0.1) is 15.2 Å². The summed E-state index contributed by atoms with van der Waals surface area (Å²) in [5.41, 5.74) is 2.27. The van der Waals surface area contributed by atoms with Crippen molar-refractivity contribution >= 4 is 38.8 Å².